The summed E-state index contributed by atoms with van der Waals surface area (Å²) in [6, 6.07) is 13.2. The number of nitrogens with one attached hydrogen (secondary N) is 1. The van der Waals surface area contributed by atoms with Crippen LogP contribution in [-0.4, -0.2) is 36.6 Å². The zero-order valence-electron chi connectivity index (χ0n) is 16.3. The van der Waals surface area contributed by atoms with Gasteiger partial charge in [0.2, 0.25) is 5.91 Å². The van der Waals surface area contributed by atoms with E-state index in [-0.39, 0.29) is 30.5 Å². The van der Waals surface area contributed by atoms with Crippen LogP contribution < -0.4 is 5.32 Å². The molecule has 1 amide bonds. The van der Waals surface area contributed by atoms with Crippen molar-refractivity contribution >= 4 is 29.4 Å². The van der Waals surface area contributed by atoms with Crippen molar-refractivity contribution in [3.8, 4) is 0 Å². The van der Waals surface area contributed by atoms with Crippen LogP contribution in [0.4, 0.5) is 4.39 Å². The second-order valence-electron chi connectivity index (χ2n) is 6.42. The Hall–Kier alpha value is -2.67. The number of aryl methyl sites for hydroxylation is 1. The SMILES string of the molecule is CC(=O)NCCCc1ccc(C(=O)COC(=O)CCSc2ccc(F)cc2)cc1. The molecule has 1 N–H and O–H groups in total. The van der Waals surface area contributed by atoms with Crippen molar-refractivity contribution in [1.82, 2.24) is 5.32 Å². The van der Waals surface area contributed by atoms with Crippen LogP contribution in [0, 0.1) is 5.82 Å². The Bertz CT molecular complexity index is 822. The van der Waals surface area contributed by atoms with Gasteiger partial charge in [-0.25, -0.2) is 4.39 Å². The highest BCUT2D eigenvalue weighted by Gasteiger charge is 2.10. The van der Waals surface area contributed by atoms with Gasteiger partial charge in [0.1, 0.15) is 5.82 Å². The third-order valence-corrected chi connectivity index (χ3v) is 5.06. The van der Waals surface area contributed by atoms with E-state index in [0.717, 1.165) is 23.3 Å². The number of esters is 1. The molecule has 154 valence electrons. The summed E-state index contributed by atoms with van der Waals surface area (Å²) in [5.41, 5.74) is 1.56. The van der Waals surface area contributed by atoms with Crippen molar-refractivity contribution in [2.24, 2.45) is 0 Å². The number of hydrogen-bond donors (Lipinski definition) is 1. The molecule has 0 bridgehead atoms. The van der Waals surface area contributed by atoms with E-state index in [0.29, 0.717) is 17.9 Å². The molecular formula is C22H24FNO4S. The van der Waals surface area contributed by atoms with Crippen molar-refractivity contribution in [2.45, 2.75) is 31.1 Å². The van der Waals surface area contributed by atoms with Crippen molar-refractivity contribution in [1.29, 1.82) is 0 Å². The molecule has 0 aliphatic rings. The minimum absolute atomic E-state index is 0.0467. The second-order valence-corrected chi connectivity index (χ2v) is 7.59. The van der Waals surface area contributed by atoms with Gasteiger partial charge >= 0.3 is 5.97 Å². The fourth-order valence-electron chi connectivity index (χ4n) is 2.50. The van der Waals surface area contributed by atoms with Crippen molar-refractivity contribution in [3.63, 3.8) is 0 Å². The molecule has 0 heterocycles. The van der Waals surface area contributed by atoms with Crippen LogP contribution in [0.2, 0.25) is 0 Å². The molecule has 0 fully saturated rings. The average molecular weight is 418 g/mol. The first-order valence-corrected chi connectivity index (χ1v) is 10.3. The lowest BCUT2D eigenvalue weighted by atomic mass is 10.1. The van der Waals surface area contributed by atoms with Gasteiger partial charge in [-0.05, 0) is 42.7 Å². The molecule has 2 aromatic carbocycles. The largest absolute Gasteiger partial charge is 0.457 e. The highest BCUT2D eigenvalue weighted by Crippen LogP contribution is 2.19. The second kappa shape index (κ2) is 12.0. The van der Waals surface area contributed by atoms with Crippen LogP contribution in [0.1, 0.15) is 35.7 Å². The molecular weight excluding hydrogens is 393 g/mol. The van der Waals surface area contributed by atoms with Crippen LogP contribution in [0.15, 0.2) is 53.4 Å². The first-order chi connectivity index (χ1) is 13.9. The fraction of sp³-hybridized carbons (Fsp3) is 0.318. The van der Waals surface area contributed by atoms with Gasteiger partial charge < -0.3 is 10.1 Å². The number of benzene rings is 2. The van der Waals surface area contributed by atoms with Crippen molar-refractivity contribution in [3.05, 3.63) is 65.5 Å². The number of carbonyl (C=O) groups is 3. The fourth-order valence-corrected chi connectivity index (χ4v) is 3.33. The Morgan fingerprint density at radius 1 is 1.03 bits per heavy atom. The van der Waals surface area contributed by atoms with Crippen LogP contribution in [0.5, 0.6) is 0 Å². The molecule has 0 atom stereocenters. The number of amides is 1. The highest BCUT2D eigenvalue weighted by molar-refractivity contribution is 7.99. The topological polar surface area (TPSA) is 72.5 Å². The minimum Gasteiger partial charge on any atom is -0.457 e. The molecule has 5 nitrogen and oxygen atoms in total. The third kappa shape index (κ3) is 8.91. The molecule has 2 aromatic rings. The smallest absolute Gasteiger partial charge is 0.307 e. The number of ether oxygens (including phenoxy) is 1. The number of hydrogen-bond acceptors (Lipinski definition) is 5. The average Bonchev–Trinajstić information content (AvgIpc) is 2.71. The number of rotatable bonds is 11. The first-order valence-electron chi connectivity index (χ1n) is 9.34. The van der Waals surface area contributed by atoms with Crippen molar-refractivity contribution in [2.75, 3.05) is 18.9 Å². The van der Waals surface area contributed by atoms with Gasteiger partial charge in [0.25, 0.3) is 0 Å². The summed E-state index contributed by atoms with van der Waals surface area (Å²) in [4.78, 5) is 35.6. The standard InChI is InChI=1S/C22H24FNO4S/c1-16(25)24-13-2-3-17-4-6-18(7-5-17)21(26)15-28-22(27)12-14-29-20-10-8-19(23)9-11-20/h4-11H,2-3,12-15H2,1H3,(H,24,25). The lowest BCUT2D eigenvalue weighted by Crippen LogP contribution is -2.21. The quantitative estimate of drug-likeness (QED) is 0.261. The molecule has 0 radical (unpaired) electrons. The van der Waals surface area contributed by atoms with Crippen molar-refractivity contribution < 1.29 is 23.5 Å². The number of ketones is 1. The van der Waals surface area contributed by atoms with E-state index in [1.165, 1.54) is 30.8 Å². The molecule has 2 rings (SSSR count). The van der Waals surface area contributed by atoms with Gasteiger partial charge in [-0.1, -0.05) is 24.3 Å². The number of Topliss-reactive ketones (excluding diaryl/α,β-unsaturated/α-hetero) is 1. The molecule has 0 unspecified atom stereocenters. The number of carbonyl (C=O) groups excluding carboxylic acids is 3. The summed E-state index contributed by atoms with van der Waals surface area (Å²) in [5.74, 6) is -0.553. The molecule has 7 heteroatoms. The Morgan fingerprint density at radius 2 is 1.72 bits per heavy atom. The van der Waals surface area contributed by atoms with Gasteiger partial charge in [-0.2, -0.15) is 0 Å². The van der Waals surface area contributed by atoms with E-state index >= 15 is 0 Å². The Labute approximate surface area is 174 Å². The summed E-state index contributed by atoms with van der Waals surface area (Å²) in [6.45, 7) is 1.81. The Balaban J connectivity index is 1.66. The van der Waals surface area contributed by atoms with Gasteiger partial charge in [0, 0.05) is 29.7 Å². The summed E-state index contributed by atoms with van der Waals surface area (Å²) in [5, 5.41) is 2.74. The summed E-state index contributed by atoms with van der Waals surface area (Å²) in [6.07, 6.45) is 1.79. The van der Waals surface area contributed by atoms with E-state index < -0.39 is 5.97 Å². The molecule has 0 saturated heterocycles. The van der Waals surface area contributed by atoms with Gasteiger partial charge in [0.15, 0.2) is 12.4 Å². The Kier molecular flexibility index (Phi) is 9.37. The summed E-state index contributed by atoms with van der Waals surface area (Å²) in [7, 11) is 0. The van der Waals surface area contributed by atoms with Crippen LogP contribution in [-0.2, 0) is 20.7 Å². The van der Waals surface area contributed by atoms with E-state index in [1.807, 2.05) is 12.1 Å². The molecule has 29 heavy (non-hydrogen) atoms. The van der Waals surface area contributed by atoms with E-state index in [9.17, 15) is 18.8 Å². The monoisotopic (exact) mass is 417 g/mol. The number of thioether (sulfide) groups is 1. The lowest BCUT2D eigenvalue weighted by molar-refractivity contribution is -0.142. The highest BCUT2D eigenvalue weighted by atomic mass is 32.2. The zero-order valence-corrected chi connectivity index (χ0v) is 17.1. The maximum absolute atomic E-state index is 12.8. The molecule has 0 saturated carbocycles. The molecule has 0 aliphatic carbocycles. The van der Waals surface area contributed by atoms with Gasteiger partial charge in [0.05, 0.1) is 6.42 Å². The molecule has 0 aromatic heterocycles. The summed E-state index contributed by atoms with van der Waals surface area (Å²) >= 11 is 1.42. The predicted molar refractivity (Wildman–Crippen MR) is 110 cm³/mol. The number of halogens is 1. The predicted octanol–water partition coefficient (Wildman–Crippen LogP) is 3.80. The first kappa shape index (κ1) is 22.6. The maximum Gasteiger partial charge on any atom is 0.307 e. The lowest BCUT2D eigenvalue weighted by Gasteiger charge is -2.06. The Morgan fingerprint density at radius 3 is 2.38 bits per heavy atom. The van der Waals surface area contributed by atoms with Crippen LogP contribution >= 0.6 is 11.8 Å². The molecule has 0 aliphatic heterocycles. The van der Waals surface area contributed by atoms with E-state index in [4.69, 9.17) is 4.74 Å². The van der Waals surface area contributed by atoms with Crippen LogP contribution in [0.25, 0.3) is 0 Å². The third-order valence-electron chi connectivity index (χ3n) is 4.04. The van der Waals surface area contributed by atoms with Gasteiger partial charge in [-0.3, -0.25) is 14.4 Å². The zero-order chi connectivity index (χ0) is 21.1. The van der Waals surface area contributed by atoms with E-state index in [1.54, 1.807) is 24.3 Å². The normalized spacial score (nSPS) is 10.4. The molecule has 0 spiro atoms. The maximum atomic E-state index is 12.8. The summed E-state index contributed by atoms with van der Waals surface area (Å²) < 4.78 is 17.9. The minimum atomic E-state index is -0.442. The van der Waals surface area contributed by atoms with E-state index in [2.05, 4.69) is 5.32 Å². The van der Waals surface area contributed by atoms with Gasteiger partial charge in [-0.15, -0.1) is 11.8 Å². The van der Waals surface area contributed by atoms with Crippen LogP contribution in [0.3, 0.4) is 0 Å².